The van der Waals surface area contributed by atoms with Gasteiger partial charge in [-0.1, -0.05) is 17.7 Å². The first-order chi connectivity index (χ1) is 12.2. The monoisotopic (exact) mass is 354 g/mol. The Morgan fingerprint density at radius 2 is 1.92 bits per heavy atom. The van der Waals surface area contributed by atoms with Crippen molar-refractivity contribution in [3.63, 3.8) is 0 Å². The van der Waals surface area contributed by atoms with Crippen LogP contribution in [0.25, 0.3) is 0 Å². The summed E-state index contributed by atoms with van der Waals surface area (Å²) in [4.78, 5) is 8.73. The topological polar surface area (TPSA) is 68.3 Å². The van der Waals surface area contributed by atoms with E-state index in [1.165, 1.54) is 0 Å². The standard InChI is InChI=1S/C18H15ClN4O2/c1-11-13(19)3-2-4-14(11)22-18-20-8-7-17(23-18)21-12-5-6-15-16(9-12)25-10-24-15/h2-9H,10H2,1H3,(H2,20,21,22,23). The molecule has 7 heteroatoms. The van der Waals surface area contributed by atoms with Crippen molar-refractivity contribution in [1.82, 2.24) is 9.97 Å². The molecule has 0 aliphatic carbocycles. The normalized spacial score (nSPS) is 12.1. The number of rotatable bonds is 4. The molecule has 0 saturated heterocycles. The van der Waals surface area contributed by atoms with Crippen molar-refractivity contribution in [2.45, 2.75) is 6.92 Å². The number of anilines is 4. The largest absolute Gasteiger partial charge is 0.454 e. The highest BCUT2D eigenvalue weighted by Gasteiger charge is 2.13. The van der Waals surface area contributed by atoms with Crippen LogP contribution >= 0.6 is 11.6 Å². The summed E-state index contributed by atoms with van der Waals surface area (Å²) >= 11 is 6.15. The molecular weight excluding hydrogens is 340 g/mol. The molecule has 2 heterocycles. The minimum atomic E-state index is 0.249. The molecule has 126 valence electrons. The molecule has 6 nitrogen and oxygen atoms in total. The van der Waals surface area contributed by atoms with Gasteiger partial charge in [-0.05, 0) is 42.8 Å². The second-order valence-corrected chi connectivity index (χ2v) is 5.90. The number of aromatic nitrogens is 2. The highest BCUT2D eigenvalue weighted by molar-refractivity contribution is 6.31. The van der Waals surface area contributed by atoms with Crippen LogP contribution in [0, 0.1) is 6.92 Å². The van der Waals surface area contributed by atoms with Gasteiger partial charge in [0, 0.05) is 28.7 Å². The van der Waals surface area contributed by atoms with E-state index in [1.54, 1.807) is 12.3 Å². The number of ether oxygens (including phenoxy) is 2. The molecule has 1 aliphatic heterocycles. The third-order valence-corrected chi connectivity index (χ3v) is 4.22. The molecule has 3 aromatic rings. The molecular formula is C18H15ClN4O2. The van der Waals surface area contributed by atoms with Crippen LogP contribution in [0.4, 0.5) is 23.1 Å². The number of nitrogens with one attached hydrogen (secondary N) is 2. The Balaban J connectivity index is 1.54. The number of fused-ring (bicyclic) bond motifs is 1. The minimum absolute atomic E-state index is 0.249. The third-order valence-electron chi connectivity index (χ3n) is 3.81. The molecule has 0 unspecified atom stereocenters. The summed E-state index contributed by atoms with van der Waals surface area (Å²) in [6, 6.07) is 13.1. The van der Waals surface area contributed by atoms with Crippen molar-refractivity contribution in [3.8, 4) is 11.5 Å². The van der Waals surface area contributed by atoms with E-state index in [0.29, 0.717) is 22.5 Å². The van der Waals surface area contributed by atoms with Gasteiger partial charge in [0.05, 0.1) is 0 Å². The zero-order valence-electron chi connectivity index (χ0n) is 13.4. The van der Waals surface area contributed by atoms with E-state index < -0.39 is 0 Å². The number of hydrogen-bond donors (Lipinski definition) is 2. The lowest BCUT2D eigenvalue weighted by Crippen LogP contribution is -2.01. The van der Waals surface area contributed by atoms with E-state index in [4.69, 9.17) is 21.1 Å². The van der Waals surface area contributed by atoms with E-state index in [2.05, 4.69) is 20.6 Å². The van der Waals surface area contributed by atoms with E-state index in [1.807, 2.05) is 43.3 Å². The first kappa shape index (κ1) is 15.5. The van der Waals surface area contributed by atoms with Crippen LogP contribution < -0.4 is 20.1 Å². The fourth-order valence-corrected chi connectivity index (χ4v) is 2.65. The zero-order chi connectivity index (χ0) is 17.2. The van der Waals surface area contributed by atoms with Crippen LogP contribution in [0.1, 0.15) is 5.56 Å². The number of benzene rings is 2. The average molecular weight is 355 g/mol. The predicted octanol–water partition coefficient (Wildman–Crippen LogP) is 4.65. The molecule has 0 fully saturated rings. The number of hydrogen-bond acceptors (Lipinski definition) is 6. The van der Waals surface area contributed by atoms with E-state index in [0.717, 1.165) is 22.7 Å². The summed E-state index contributed by atoms with van der Waals surface area (Å²) in [5.41, 5.74) is 2.67. The molecule has 0 spiro atoms. The molecule has 2 aromatic carbocycles. The van der Waals surface area contributed by atoms with Crippen LogP contribution in [0.15, 0.2) is 48.7 Å². The zero-order valence-corrected chi connectivity index (χ0v) is 14.2. The van der Waals surface area contributed by atoms with Crippen molar-refractivity contribution in [2.24, 2.45) is 0 Å². The fraction of sp³-hybridized carbons (Fsp3) is 0.111. The summed E-state index contributed by atoms with van der Waals surface area (Å²) in [6.07, 6.45) is 1.69. The van der Waals surface area contributed by atoms with Crippen LogP contribution in [-0.2, 0) is 0 Å². The SMILES string of the molecule is Cc1c(Cl)cccc1Nc1nccc(Nc2ccc3c(c2)OCO3)n1. The maximum atomic E-state index is 6.15. The van der Waals surface area contributed by atoms with Crippen LogP contribution in [0.5, 0.6) is 11.5 Å². The van der Waals surface area contributed by atoms with Crippen LogP contribution in [0.2, 0.25) is 5.02 Å². The fourth-order valence-electron chi connectivity index (χ4n) is 2.47. The minimum Gasteiger partial charge on any atom is -0.454 e. The van der Waals surface area contributed by atoms with Gasteiger partial charge in [0.15, 0.2) is 11.5 Å². The van der Waals surface area contributed by atoms with Crippen molar-refractivity contribution < 1.29 is 9.47 Å². The van der Waals surface area contributed by atoms with Gasteiger partial charge in [0.25, 0.3) is 0 Å². The van der Waals surface area contributed by atoms with Crippen LogP contribution in [-0.4, -0.2) is 16.8 Å². The molecule has 1 aliphatic rings. The lowest BCUT2D eigenvalue weighted by molar-refractivity contribution is 0.174. The molecule has 25 heavy (non-hydrogen) atoms. The molecule has 0 saturated carbocycles. The molecule has 0 amide bonds. The lowest BCUT2D eigenvalue weighted by atomic mass is 10.2. The van der Waals surface area contributed by atoms with Crippen molar-refractivity contribution in [3.05, 3.63) is 59.2 Å². The summed E-state index contributed by atoms with van der Waals surface area (Å²) in [5, 5.41) is 7.12. The van der Waals surface area contributed by atoms with Crippen molar-refractivity contribution in [2.75, 3.05) is 17.4 Å². The second-order valence-electron chi connectivity index (χ2n) is 5.50. The van der Waals surface area contributed by atoms with Gasteiger partial charge in [0.1, 0.15) is 5.82 Å². The summed E-state index contributed by atoms with van der Waals surface area (Å²) < 4.78 is 10.7. The molecule has 0 bridgehead atoms. The Labute approximate surface area is 149 Å². The van der Waals surface area contributed by atoms with Crippen molar-refractivity contribution >= 4 is 34.7 Å². The molecule has 0 radical (unpaired) electrons. The summed E-state index contributed by atoms with van der Waals surface area (Å²) in [7, 11) is 0. The second kappa shape index (κ2) is 6.49. The smallest absolute Gasteiger partial charge is 0.231 e. The van der Waals surface area contributed by atoms with Gasteiger partial charge in [0.2, 0.25) is 12.7 Å². The maximum Gasteiger partial charge on any atom is 0.231 e. The molecule has 1 aromatic heterocycles. The molecule has 2 N–H and O–H groups in total. The van der Waals surface area contributed by atoms with Gasteiger partial charge in [-0.15, -0.1) is 0 Å². The lowest BCUT2D eigenvalue weighted by Gasteiger charge is -2.11. The predicted molar refractivity (Wildman–Crippen MR) is 97.4 cm³/mol. The third kappa shape index (κ3) is 3.29. The summed E-state index contributed by atoms with van der Waals surface area (Å²) in [5.74, 6) is 2.60. The Bertz CT molecular complexity index is 933. The Morgan fingerprint density at radius 1 is 1.04 bits per heavy atom. The van der Waals surface area contributed by atoms with Gasteiger partial charge in [-0.25, -0.2) is 4.98 Å². The highest BCUT2D eigenvalue weighted by atomic mass is 35.5. The number of nitrogens with zero attached hydrogens (tertiary/aromatic N) is 2. The van der Waals surface area contributed by atoms with Crippen LogP contribution in [0.3, 0.4) is 0 Å². The Morgan fingerprint density at radius 3 is 2.84 bits per heavy atom. The summed E-state index contributed by atoms with van der Waals surface area (Å²) in [6.45, 7) is 2.19. The van der Waals surface area contributed by atoms with Gasteiger partial charge < -0.3 is 20.1 Å². The highest BCUT2D eigenvalue weighted by Crippen LogP contribution is 2.35. The first-order valence-electron chi connectivity index (χ1n) is 7.71. The van der Waals surface area contributed by atoms with Gasteiger partial charge in [-0.2, -0.15) is 4.98 Å². The average Bonchev–Trinajstić information content (AvgIpc) is 3.07. The molecule has 0 atom stereocenters. The number of halogens is 1. The van der Waals surface area contributed by atoms with E-state index in [-0.39, 0.29) is 6.79 Å². The quantitative estimate of drug-likeness (QED) is 0.710. The van der Waals surface area contributed by atoms with Crippen molar-refractivity contribution in [1.29, 1.82) is 0 Å². The van der Waals surface area contributed by atoms with E-state index >= 15 is 0 Å². The molecule has 4 rings (SSSR count). The van der Waals surface area contributed by atoms with Gasteiger partial charge >= 0.3 is 0 Å². The van der Waals surface area contributed by atoms with Gasteiger partial charge in [-0.3, -0.25) is 0 Å². The van der Waals surface area contributed by atoms with E-state index in [9.17, 15) is 0 Å². The maximum absolute atomic E-state index is 6.15. The Kier molecular flexibility index (Phi) is 4.03. The Hall–Kier alpha value is -2.99. The first-order valence-corrected chi connectivity index (χ1v) is 8.09.